The number of nitrogens with zero attached hydrogens (tertiary/aromatic N) is 1. The predicted molar refractivity (Wildman–Crippen MR) is 88.8 cm³/mol. The normalized spacial score (nSPS) is 10.1. The molecule has 0 aliphatic rings. The average molecular weight is 351 g/mol. The molecule has 0 fully saturated rings. The summed E-state index contributed by atoms with van der Waals surface area (Å²) >= 11 is 5.95. The number of benzene rings is 2. The lowest BCUT2D eigenvalue weighted by Gasteiger charge is -2.12. The van der Waals surface area contributed by atoms with Crippen LogP contribution in [0, 0.1) is 10.1 Å². The highest BCUT2D eigenvalue weighted by Crippen LogP contribution is 2.25. The number of rotatable bonds is 6. The molecule has 0 unspecified atom stereocenters. The number of methoxy groups -OCH3 is 2. The second-order valence-electron chi connectivity index (χ2n) is 4.78. The number of hydrogen-bond donors (Lipinski definition) is 1. The maximum Gasteiger partial charge on any atom is 0.270 e. The molecule has 2 rings (SSSR count). The zero-order valence-electron chi connectivity index (χ0n) is 13.0. The highest BCUT2D eigenvalue weighted by atomic mass is 35.5. The van der Waals surface area contributed by atoms with E-state index in [-0.39, 0.29) is 22.8 Å². The van der Waals surface area contributed by atoms with E-state index < -0.39 is 10.8 Å². The van der Waals surface area contributed by atoms with Crippen LogP contribution in [0.3, 0.4) is 0 Å². The van der Waals surface area contributed by atoms with Gasteiger partial charge in [0.2, 0.25) is 0 Å². The highest BCUT2D eigenvalue weighted by molar-refractivity contribution is 6.33. The zero-order valence-corrected chi connectivity index (χ0v) is 13.8. The van der Waals surface area contributed by atoms with E-state index in [0.717, 1.165) is 11.6 Å². The first-order valence-electron chi connectivity index (χ1n) is 6.89. The minimum atomic E-state index is -0.584. The third-order valence-corrected chi connectivity index (χ3v) is 3.67. The summed E-state index contributed by atoms with van der Waals surface area (Å²) in [5.74, 6) is 0.671. The number of nitro groups is 1. The number of nitrogens with one attached hydrogen (secondary N) is 1. The summed E-state index contributed by atoms with van der Waals surface area (Å²) in [5.41, 5.74) is 0.568. The van der Waals surface area contributed by atoms with Crippen molar-refractivity contribution in [1.29, 1.82) is 0 Å². The van der Waals surface area contributed by atoms with E-state index in [1.165, 1.54) is 19.2 Å². The van der Waals surface area contributed by atoms with Crippen LogP contribution in [0.15, 0.2) is 36.4 Å². The van der Waals surface area contributed by atoms with E-state index in [9.17, 15) is 14.9 Å². The Labute approximate surface area is 143 Å². The molecule has 1 N–H and O–H groups in total. The van der Waals surface area contributed by atoms with Crippen LogP contribution in [0.4, 0.5) is 5.69 Å². The molecule has 0 spiro atoms. The summed E-state index contributed by atoms with van der Waals surface area (Å²) < 4.78 is 10.4. The number of carbonyl (C=O) groups excluding carboxylic acids is 1. The minimum absolute atomic E-state index is 0.0401. The molecule has 0 aliphatic heterocycles. The van der Waals surface area contributed by atoms with E-state index in [0.29, 0.717) is 11.5 Å². The number of ether oxygens (including phenoxy) is 2. The molecular weight excluding hydrogens is 336 g/mol. The van der Waals surface area contributed by atoms with Crippen molar-refractivity contribution in [2.45, 2.75) is 6.54 Å². The van der Waals surface area contributed by atoms with Crippen LogP contribution in [0.1, 0.15) is 15.9 Å². The number of nitro benzene ring substituents is 1. The molecule has 0 aromatic heterocycles. The van der Waals surface area contributed by atoms with Gasteiger partial charge in [-0.3, -0.25) is 14.9 Å². The Bertz CT molecular complexity index is 779. The maximum absolute atomic E-state index is 12.3. The Kier molecular flexibility index (Phi) is 5.59. The average Bonchev–Trinajstić information content (AvgIpc) is 2.59. The monoisotopic (exact) mass is 350 g/mol. The summed E-state index contributed by atoms with van der Waals surface area (Å²) in [4.78, 5) is 22.5. The van der Waals surface area contributed by atoms with Crippen molar-refractivity contribution in [2.24, 2.45) is 0 Å². The van der Waals surface area contributed by atoms with Crippen LogP contribution < -0.4 is 14.8 Å². The van der Waals surface area contributed by atoms with Crippen LogP contribution in [0.25, 0.3) is 0 Å². The third-order valence-electron chi connectivity index (χ3n) is 3.34. The standard InChI is InChI=1S/C16H15ClN2O5/c1-23-12-5-3-10(15(8-12)24-2)9-18-16(20)13-7-11(19(21)22)4-6-14(13)17/h3-8H,9H2,1-2H3,(H,18,20). The van der Waals surface area contributed by atoms with Gasteiger partial charge in [-0.1, -0.05) is 11.6 Å². The number of amides is 1. The van der Waals surface area contributed by atoms with Crippen molar-refractivity contribution in [2.75, 3.05) is 14.2 Å². The lowest BCUT2D eigenvalue weighted by molar-refractivity contribution is -0.384. The highest BCUT2D eigenvalue weighted by Gasteiger charge is 2.16. The first-order valence-corrected chi connectivity index (χ1v) is 7.27. The fourth-order valence-electron chi connectivity index (χ4n) is 2.07. The molecule has 2 aromatic rings. The molecule has 0 saturated carbocycles. The minimum Gasteiger partial charge on any atom is -0.497 e. The van der Waals surface area contributed by atoms with Crippen LogP contribution >= 0.6 is 11.6 Å². The van der Waals surface area contributed by atoms with Crippen molar-refractivity contribution < 1.29 is 19.2 Å². The fraction of sp³-hybridized carbons (Fsp3) is 0.188. The van der Waals surface area contributed by atoms with Gasteiger partial charge in [0.15, 0.2) is 0 Å². The Morgan fingerprint density at radius 1 is 1.21 bits per heavy atom. The Hall–Kier alpha value is -2.80. The molecule has 24 heavy (non-hydrogen) atoms. The molecule has 0 heterocycles. The lowest BCUT2D eigenvalue weighted by Crippen LogP contribution is -2.23. The Morgan fingerprint density at radius 3 is 2.58 bits per heavy atom. The first kappa shape index (κ1) is 17.6. The van der Waals surface area contributed by atoms with Gasteiger partial charge in [0, 0.05) is 30.3 Å². The topological polar surface area (TPSA) is 90.7 Å². The van der Waals surface area contributed by atoms with Gasteiger partial charge in [-0.05, 0) is 18.2 Å². The smallest absolute Gasteiger partial charge is 0.270 e. The van der Waals surface area contributed by atoms with Gasteiger partial charge in [-0.2, -0.15) is 0 Å². The van der Waals surface area contributed by atoms with E-state index in [1.54, 1.807) is 25.3 Å². The largest absolute Gasteiger partial charge is 0.497 e. The van der Waals surface area contributed by atoms with Gasteiger partial charge in [-0.15, -0.1) is 0 Å². The molecule has 8 heteroatoms. The molecule has 2 aromatic carbocycles. The summed E-state index contributed by atoms with van der Waals surface area (Å²) in [7, 11) is 3.05. The summed E-state index contributed by atoms with van der Waals surface area (Å²) in [6, 6.07) is 8.90. The van der Waals surface area contributed by atoms with Crippen LogP contribution in [-0.4, -0.2) is 25.1 Å². The maximum atomic E-state index is 12.3. The van der Waals surface area contributed by atoms with E-state index in [4.69, 9.17) is 21.1 Å². The third kappa shape index (κ3) is 3.94. The van der Waals surface area contributed by atoms with Crippen LogP contribution in [0.2, 0.25) is 5.02 Å². The molecule has 1 amide bonds. The van der Waals surface area contributed by atoms with Crippen molar-refractivity contribution in [1.82, 2.24) is 5.32 Å². The van der Waals surface area contributed by atoms with Crippen LogP contribution in [0.5, 0.6) is 11.5 Å². The second-order valence-corrected chi connectivity index (χ2v) is 5.19. The summed E-state index contributed by atoms with van der Waals surface area (Å²) in [6.07, 6.45) is 0. The van der Waals surface area contributed by atoms with Crippen molar-refractivity contribution in [3.63, 3.8) is 0 Å². The lowest BCUT2D eigenvalue weighted by atomic mass is 10.1. The van der Waals surface area contributed by atoms with Crippen molar-refractivity contribution in [3.8, 4) is 11.5 Å². The van der Waals surface area contributed by atoms with Gasteiger partial charge >= 0.3 is 0 Å². The fourth-order valence-corrected chi connectivity index (χ4v) is 2.27. The molecule has 0 bridgehead atoms. The number of carbonyl (C=O) groups is 1. The predicted octanol–water partition coefficient (Wildman–Crippen LogP) is 3.20. The summed E-state index contributed by atoms with van der Waals surface area (Å²) in [6.45, 7) is 0.172. The first-order chi connectivity index (χ1) is 11.5. The quantitative estimate of drug-likeness (QED) is 0.638. The van der Waals surface area contributed by atoms with Gasteiger partial charge in [0.1, 0.15) is 11.5 Å². The number of non-ortho nitro benzene ring substituents is 1. The molecule has 0 atom stereocenters. The summed E-state index contributed by atoms with van der Waals surface area (Å²) in [5, 5.41) is 13.6. The molecule has 0 radical (unpaired) electrons. The molecule has 126 valence electrons. The van der Waals surface area contributed by atoms with Gasteiger partial charge < -0.3 is 14.8 Å². The van der Waals surface area contributed by atoms with Gasteiger partial charge in [0.25, 0.3) is 11.6 Å². The number of halogens is 1. The van der Waals surface area contributed by atoms with E-state index >= 15 is 0 Å². The van der Waals surface area contributed by atoms with E-state index in [2.05, 4.69) is 5.32 Å². The van der Waals surface area contributed by atoms with Crippen molar-refractivity contribution >= 4 is 23.2 Å². The van der Waals surface area contributed by atoms with Crippen LogP contribution in [-0.2, 0) is 6.54 Å². The second kappa shape index (κ2) is 7.65. The SMILES string of the molecule is COc1ccc(CNC(=O)c2cc([N+](=O)[O-])ccc2Cl)c(OC)c1. The van der Waals surface area contributed by atoms with E-state index in [1.807, 2.05) is 0 Å². The Morgan fingerprint density at radius 2 is 1.96 bits per heavy atom. The van der Waals surface area contributed by atoms with Crippen molar-refractivity contribution in [3.05, 3.63) is 62.7 Å². The molecule has 0 saturated heterocycles. The van der Waals surface area contributed by atoms with Gasteiger partial charge in [-0.25, -0.2) is 0 Å². The number of hydrogen-bond acceptors (Lipinski definition) is 5. The molecular formula is C16H15ClN2O5. The Balaban J connectivity index is 2.16. The molecule has 7 nitrogen and oxygen atoms in total. The van der Waals surface area contributed by atoms with Gasteiger partial charge in [0.05, 0.1) is 29.7 Å². The molecule has 0 aliphatic carbocycles. The zero-order chi connectivity index (χ0) is 17.7.